The highest BCUT2D eigenvalue weighted by molar-refractivity contribution is 5.88. The number of carboxylic acids is 1. The van der Waals surface area contributed by atoms with Crippen LogP contribution in [0.5, 0.6) is 0 Å². The number of aromatic carboxylic acids is 1. The van der Waals surface area contributed by atoms with Gasteiger partial charge in [-0.05, 0) is 35.9 Å². The summed E-state index contributed by atoms with van der Waals surface area (Å²) in [5.41, 5.74) is -2.37. The zero-order chi connectivity index (χ0) is 15.8. The van der Waals surface area contributed by atoms with E-state index in [1.807, 2.05) is 0 Å². The van der Waals surface area contributed by atoms with Crippen LogP contribution in [-0.2, 0) is 6.18 Å². The molecule has 2 rings (SSSR count). The molecule has 0 aromatic heterocycles. The summed E-state index contributed by atoms with van der Waals surface area (Å²) < 4.78 is 64.9. The van der Waals surface area contributed by atoms with Crippen molar-refractivity contribution in [2.45, 2.75) is 6.18 Å². The normalized spacial score (nSPS) is 11.5. The molecule has 7 heteroatoms. The molecule has 0 amide bonds. The molecule has 0 fully saturated rings. The molecule has 0 saturated heterocycles. The van der Waals surface area contributed by atoms with Crippen LogP contribution in [0.15, 0.2) is 36.4 Å². The lowest BCUT2D eigenvalue weighted by Gasteiger charge is -2.10. The van der Waals surface area contributed by atoms with E-state index in [-0.39, 0.29) is 5.56 Å². The van der Waals surface area contributed by atoms with Crippen molar-refractivity contribution >= 4 is 5.97 Å². The molecule has 2 nitrogen and oxygen atoms in total. The third-order valence-corrected chi connectivity index (χ3v) is 2.80. The number of carbonyl (C=O) groups is 1. The molecule has 21 heavy (non-hydrogen) atoms. The third kappa shape index (κ3) is 3.01. The molecule has 2 aromatic rings. The van der Waals surface area contributed by atoms with Gasteiger partial charge in [-0.1, -0.05) is 6.07 Å². The summed E-state index contributed by atoms with van der Waals surface area (Å²) in [6.07, 6.45) is -4.66. The summed E-state index contributed by atoms with van der Waals surface area (Å²) in [5.74, 6) is -3.65. The van der Waals surface area contributed by atoms with E-state index in [0.717, 1.165) is 12.1 Å². The van der Waals surface area contributed by atoms with Gasteiger partial charge in [-0.2, -0.15) is 13.2 Å². The smallest absolute Gasteiger partial charge is 0.416 e. The van der Waals surface area contributed by atoms with E-state index in [4.69, 9.17) is 5.11 Å². The van der Waals surface area contributed by atoms with Gasteiger partial charge in [0.1, 0.15) is 11.6 Å². The lowest BCUT2D eigenvalue weighted by molar-refractivity contribution is -0.137. The van der Waals surface area contributed by atoms with Crippen LogP contribution >= 0.6 is 0 Å². The molecule has 0 unspecified atom stereocenters. The fourth-order valence-corrected chi connectivity index (χ4v) is 1.78. The molecule has 0 aliphatic heterocycles. The van der Waals surface area contributed by atoms with Crippen LogP contribution in [0.1, 0.15) is 15.9 Å². The highest BCUT2D eigenvalue weighted by atomic mass is 19.4. The van der Waals surface area contributed by atoms with E-state index in [2.05, 4.69) is 0 Å². The minimum atomic E-state index is -4.66. The van der Waals surface area contributed by atoms with Crippen molar-refractivity contribution in [2.75, 3.05) is 0 Å². The maximum Gasteiger partial charge on any atom is 0.416 e. The molecule has 1 N–H and O–H groups in total. The van der Waals surface area contributed by atoms with Crippen molar-refractivity contribution in [1.82, 2.24) is 0 Å². The van der Waals surface area contributed by atoms with E-state index in [1.54, 1.807) is 0 Å². The van der Waals surface area contributed by atoms with Gasteiger partial charge in [0.25, 0.3) is 0 Å². The summed E-state index contributed by atoms with van der Waals surface area (Å²) >= 11 is 0. The Kier molecular flexibility index (Phi) is 3.67. The predicted octanol–water partition coefficient (Wildman–Crippen LogP) is 4.35. The second-order valence-corrected chi connectivity index (χ2v) is 4.19. The van der Waals surface area contributed by atoms with E-state index >= 15 is 0 Å². The molecule has 0 saturated carbocycles. The zero-order valence-corrected chi connectivity index (χ0v) is 10.2. The van der Waals surface area contributed by atoms with Gasteiger partial charge in [-0.15, -0.1) is 0 Å². The molecular weight excluding hydrogens is 295 g/mol. The molecule has 2 aromatic carbocycles. The molecule has 0 aliphatic carbocycles. The van der Waals surface area contributed by atoms with Gasteiger partial charge in [-0.3, -0.25) is 0 Å². The Hall–Kier alpha value is -2.44. The highest BCUT2D eigenvalue weighted by Crippen LogP contribution is 2.34. The van der Waals surface area contributed by atoms with Crippen molar-refractivity contribution in [3.8, 4) is 11.1 Å². The first-order chi connectivity index (χ1) is 9.70. The monoisotopic (exact) mass is 302 g/mol. The number of benzene rings is 2. The molecule has 0 bridgehead atoms. The Morgan fingerprint density at radius 1 is 0.952 bits per heavy atom. The summed E-state index contributed by atoms with van der Waals surface area (Å²) in [6, 6.07) is 4.34. The number of hydrogen-bond acceptors (Lipinski definition) is 1. The average molecular weight is 302 g/mol. The first-order valence-corrected chi connectivity index (χ1v) is 5.60. The third-order valence-electron chi connectivity index (χ3n) is 2.80. The van der Waals surface area contributed by atoms with Crippen LogP contribution in [0.2, 0.25) is 0 Å². The van der Waals surface area contributed by atoms with Gasteiger partial charge < -0.3 is 5.11 Å². The lowest BCUT2D eigenvalue weighted by Crippen LogP contribution is -2.05. The van der Waals surface area contributed by atoms with E-state index in [9.17, 15) is 26.7 Å². The Labute approximate surface area is 115 Å². The first-order valence-electron chi connectivity index (χ1n) is 5.60. The summed E-state index contributed by atoms with van der Waals surface area (Å²) in [4.78, 5) is 10.7. The average Bonchev–Trinajstić information content (AvgIpc) is 2.37. The van der Waals surface area contributed by atoms with Gasteiger partial charge in [0, 0.05) is 5.56 Å². The van der Waals surface area contributed by atoms with E-state index < -0.39 is 40.5 Å². The fourth-order valence-electron chi connectivity index (χ4n) is 1.78. The van der Waals surface area contributed by atoms with Crippen molar-refractivity contribution in [2.24, 2.45) is 0 Å². The number of alkyl halides is 3. The summed E-state index contributed by atoms with van der Waals surface area (Å²) in [7, 11) is 0. The van der Waals surface area contributed by atoms with Crippen LogP contribution in [0.25, 0.3) is 11.1 Å². The first kappa shape index (κ1) is 15.0. The van der Waals surface area contributed by atoms with Crippen LogP contribution in [0, 0.1) is 11.6 Å². The largest absolute Gasteiger partial charge is 0.478 e. The van der Waals surface area contributed by atoms with Crippen molar-refractivity contribution in [3.63, 3.8) is 0 Å². The highest BCUT2D eigenvalue weighted by Gasteiger charge is 2.31. The topological polar surface area (TPSA) is 37.3 Å². The van der Waals surface area contributed by atoms with Gasteiger partial charge in [0.15, 0.2) is 0 Å². The van der Waals surface area contributed by atoms with Crippen LogP contribution < -0.4 is 0 Å². The second-order valence-electron chi connectivity index (χ2n) is 4.19. The van der Waals surface area contributed by atoms with Gasteiger partial charge in [-0.25, -0.2) is 13.6 Å². The maximum atomic E-state index is 13.6. The number of hydrogen-bond donors (Lipinski definition) is 1. The quantitative estimate of drug-likeness (QED) is 0.837. The van der Waals surface area contributed by atoms with Gasteiger partial charge in [0.05, 0.1) is 11.1 Å². The summed E-state index contributed by atoms with van der Waals surface area (Å²) in [6.45, 7) is 0. The summed E-state index contributed by atoms with van der Waals surface area (Å²) in [5, 5.41) is 8.67. The standard InChI is InChI=1S/C14H7F5O2/c15-11-4-2-8(14(17,18)19)6-10(11)7-1-3-9(13(20)21)12(16)5-7/h1-6H,(H,20,21). The van der Waals surface area contributed by atoms with E-state index in [0.29, 0.717) is 24.3 Å². The number of rotatable bonds is 2. The number of carboxylic acid groups (broad SMARTS) is 1. The Morgan fingerprint density at radius 2 is 1.62 bits per heavy atom. The Balaban J connectivity index is 2.56. The second kappa shape index (κ2) is 5.16. The van der Waals surface area contributed by atoms with Crippen molar-refractivity contribution in [1.29, 1.82) is 0 Å². The van der Waals surface area contributed by atoms with Gasteiger partial charge >= 0.3 is 12.1 Å². The molecular formula is C14H7F5O2. The van der Waals surface area contributed by atoms with Crippen LogP contribution in [0.3, 0.4) is 0 Å². The van der Waals surface area contributed by atoms with E-state index in [1.165, 1.54) is 0 Å². The SMILES string of the molecule is O=C(O)c1ccc(-c2cc(C(F)(F)F)ccc2F)cc1F. The lowest BCUT2D eigenvalue weighted by atomic mass is 10.0. The molecule has 110 valence electrons. The molecule has 0 aliphatic rings. The van der Waals surface area contributed by atoms with Crippen LogP contribution in [0.4, 0.5) is 22.0 Å². The predicted molar refractivity (Wildman–Crippen MR) is 63.8 cm³/mol. The van der Waals surface area contributed by atoms with Crippen LogP contribution in [-0.4, -0.2) is 11.1 Å². The van der Waals surface area contributed by atoms with Crippen molar-refractivity contribution < 1.29 is 31.9 Å². The molecule has 0 spiro atoms. The molecule has 0 radical (unpaired) electrons. The Morgan fingerprint density at radius 3 is 2.14 bits per heavy atom. The minimum Gasteiger partial charge on any atom is -0.478 e. The Bertz CT molecular complexity index is 707. The maximum absolute atomic E-state index is 13.6. The number of halogens is 5. The minimum absolute atomic E-state index is 0.180. The molecule has 0 heterocycles. The molecule has 0 atom stereocenters. The van der Waals surface area contributed by atoms with Gasteiger partial charge in [0.2, 0.25) is 0 Å². The fraction of sp³-hybridized carbons (Fsp3) is 0.0714. The zero-order valence-electron chi connectivity index (χ0n) is 10.2. The van der Waals surface area contributed by atoms with Crippen molar-refractivity contribution in [3.05, 3.63) is 59.2 Å².